The molecule has 0 aromatic carbocycles. The molecule has 7 heteroatoms. The molecule has 0 fully saturated rings. The summed E-state index contributed by atoms with van der Waals surface area (Å²) in [4.78, 5) is 37.5. The zero-order chi connectivity index (χ0) is 15.2. The summed E-state index contributed by atoms with van der Waals surface area (Å²) >= 11 is 0. The minimum Gasteiger partial charge on any atom is -0.368 e. The standard InChI is InChI=1S/C12H24BN3O3/c1-8(2)5-9(12(14)19)16(4)11(18)7-15(3)10(17)6-13/h8-9H,5-7,13H2,1-4H3,(H2,14,19)/t9-/m0/s1. The van der Waals surface area contributed by atoms with Gasteiger partial charge in [0.1, 0.15) is 13.9 Å². The maximum atomic E-state index is 12.0. The predicted octanol–water partition coefficient (Wildman–Crippen LogP) is -1.15. The van der Waals surface area contributed by atoms with Crippen molar-refractivity contribution in [1.82, 2.24) is 9.80 Å². The molecule has 0 saturated carbocycles. The normalized spacial score (nSPS) is 12.1. The smallest absolute Gasteiger partial charge is 0.242 e. The Kier molecular flexibility index (Phi) is 7.18. The summed E-state index contributed by atoms with van der Waals surface area (Å²) in [5, 5.41) is 0. The van der Waals surface area contributed by atoms with E-state index in [1.54, 1.807) is 21.9 Å². The Labute approximate surface area is 115 Å². The minimum atomic E-state index is -0.627. The van der Waals surface area contributed by atoms with E-state index < -0.39 is 11.9 Å². The third kappa shape index (κ3) is 5.76. The fraction of sp³-hybridized carbons (Fsp3) is 0.750. The number of amides is 3. The van der Waals surface area contributed by atoms with Crippen LogP contribution >= 0.6 is 0 Å². The molecule has 0 rings (SSSR count). The van der Waals surface area contributed by atoms with Crippen LogP contribution in [-0.2, 0) is 14.4 Å². The van der Waals surface area contributed by atoms with Crippen molar-refractivity contribution in [3.05, 3.63) is 0 Å². The summed E-state index contributed by atoms with van der Waals surface area (Å²) < 4.78 is 0. The van der Waals surface area contributed by atoms with Crippen molar-refractivity contribution in [3.63, 3.8) is 0 Å². The first kappa shape index (κ1) is 17.5. The minimum absolute atomic E-state index is 0.0367. The van der Waals surface area contributed by atoms with Gasteiger partial charge in [-0.3, -0.25) is 14.4 Å². The average Bonchev–Trinajstić information content (AvgIpc) is 2.33. The van der Waals surface area contributed by atoms with Gasteiger partial charge in [-0.1, -0.05) is 13.8 Å². The quantitative estimate of drug-likeness (QED) is 0.593. The van der Waals surface area contributed by atoms with Crippen LogP contribution in [0.2, 0.25) is 6.32 Å². The van der Waals surface area contributed by atoms with Crippen LogP contribution in [0.4, 0.5) is 0 Å². The second-order valence-corrected chi connectivity index (χ2v) is 5.16. The van der Waals surface area contributed by atoms with E-state index >= 15 is 0 Å². The highest BCUT2D eigenvalue weighted by atomic mass is 16.2. The van der Waals surface area contributed by atoms with Gasteiger partial charge >= 0.3 is 0 Å². The first-order valence-electron chi connectivity index (χ1n) is 6.49. The first-order valence-corrected chi connectivity index (χ1v) is 6.49. The van der Waals surface area contributed by atoms with Crippen LogP contribution in [-0.4, -0.2) is 62.0 Å². The Morgan fingerprint density at radius 1 is 1.16 bits per heavy atom. The Morgan fingerprint density at radius 3 is 2.05 bits per heavy atom. The molecule has 0 bridgehead atoms. The predicted molar refractivity (Wildman–Crippen MR) is 76.2 cm³/mol. The molecule has 0 unspecified atom stereocenters. The molecule has 1 atom stereocenters. The van der Waals surface area contributed by atoms with Crippen LogP contribution in [0.3, 0.4) is 0 Å². The third-order valence-electron chi connectivity index (χ3n) is 2.98. The number of nitrogens with zero attached hydrogens (tertiary/aromatic N) is 2. The maximum absolute atomic E-state index is 12.0. The highest BCUT2D eigenvalue weighted by Gasteiger charge is 2.26. The summed E-state index contributed by atoms with van der Waals surface area (Å²) in [5.74, 6) is -0.660. The molecule has 0 aromatic rings. The number of primary amides is 1. The van der Waals surface area contributed by atoms with Crippen molar-refractivity contribution >= 4 is 25.6 Å². The van der Waals surface area contributed by atoms with Gasteiger partial charge in [-0.15, -0.1) is 0 Å². The van der Waals surface area contributed by atoms with E-state index in [0.717, 1.165) is 0 Å². The van der Waals surface area contributed by atoms with E-state index in [1.807, 2.05) is 13.8 Å². The van der Waals surface area contributed by atoms with Gasteiger partial charge in [0.05, 0.1) is 6.54 Å². The van der Waals surface area contributed by atoms with Gasteiger partial charge in [-0.05, 0) is 18.7 Å². The highest BCUT2D eigenvalue weighted by Crippen LogP contribution is 2.10. The van der Waals surface area contributed by atoms with E-state index in [0.29, 0.717) is 12.7 Å². The molecule has 0 saturated heterocycles. The summed E-state index contributed by atoms with van der Waals surface area (Å²) in [5.41, 5.74) is 5.33. The van der Waals surface area contributed by atoms with Crippen molar-refractivity contribution in [3.8, 4) is 0 Å². The lowest BCUT2D eigenvalue weighted by atomic mass is 10.0. The topological polar surface area (TPSA) is 83.7 Å². The molecule has 6 nitrogen and oxygen atoms in total. The molecular formula is C12H24BN3O3. The SMILES string of the molecule is BCC(=O)N(C)CC(=O)N(C)[C@@H](CC(C)C)C(N)=O. The highest BCUT2D eigenvalue weighted by molar-refractivity contribution is 6.19. The average molecular weight is 269 g/mol. The van der Waals surface area contributed by atoms with Crippen LogP contribution < -0.4 is 5.73 Å². The third-order valence-corrected chi connectivity index (χ3v) is 2.98. The lowest BCUT2D eigenvalue weighted by Crippen LogP contribution is -2.49. The number of nitrogens with two attached hydrogens (primary N) is 1. The van der Waals surface area contributed by atoms with Gasteiger partial charge < -0.3 is 15.5 Å². The monoisotopic (exact) mass is 269 g/mol. The van der Waals surface area contributed by atoms with Crippen LogP contribution in [0, 0.1) is 5.92 Å². The van der Waals surface area contributed by atoms with E-state index in [4.69, 9.17) is 5.73 Å². The molecule has 19 heavy (non-hydrogen) atoms. The van der Waals surface area contributed by atoms with E-state index in [1.165, 1.54) is 9.80 Å². The van der Waals surface area contributed by atoms with Crippen LogP contribution in [0.5, 0.6) is 0 Å². The van der Waals surface area contributed by atoms with E-state index in [2.05, 4.69) is 0 Å². The number of hydrogen-bond acceptors (Lipinski definition) is 3. The Bertz CT molecular complexity index is 347. The molecule has 0 radical (unpaired) electrons. The van der Waals surface area contributed by atoms with Gasteiger partial charge in [0.15, 0.2) is 0 Å². The molecule has 3 amide bonds. The largest absolute Gasteiger partial charge is 0.368 e. The van der Waals surface area contributed by atoms with Gasteiger partial charge in [-0.2, -0.15) is 0 Å². The number of rotatable bonds is 7. The van der Waals surface area contributed by atoms with Crippen molar-refractivity contribution in [1.29, 1.82) is 0 Å². The molecular weight excluding hydrogens is 245 g/mol. The molecule has 0 aliphatic heterocycles. The Morgan fingerprint density at radius 2 is 1.68 bits per heavy atom. The van der Waals surface area contributed by atoms with Crippen molar-refractivity contribution in [2.45, 2.75) is 32.6 Å². The fourth-order valence-electron chi connectivity index (χ4n) is 1.76. The van der Waals surface area contributed by atoms with Gasteiger partial charge in [-0.25, -0.2) is 0 Å². The molecule has 0 aromatic heterocycles. The molecule has 0 heterocycles. The summed E-state index contributed by atoms with van der Waals surface area (Å²) in [7, 11) is 4.85. The molecule has 0 aliphatic carbocycles. The van der Waals surface area contributed by atoms with E-state index in [9.17, 15) is 14.4 Å². The lowest BCUT2D eigenvalue weighted by Gasteiger charge is -2.28. The molecule has 2 N–H and O–H groups in total. The lowest BCUT2D eigenvalue weighted by molar-refractivity contribution is -0.142. The van der Waals surface area contributed by atoms with Crippen LogP contribution in [0.15, 0.2) is 0 Å². The van der Waals surface area contributed by atoms with Crippen molar-refractivity contribution in [2.75, 3.05) is 20.6 Å². The molecule has 0 spiro atoms. The zero-order valence-electron chi connectivity index (χ0n) is 12.5. The molecule has 0 aliphatic rings. The number of likely N-dealkylation sites (N-methyl/N-ethyl adjacent to an activating group) is 2. The first-order chi connectivity index (χ1) is 8.70. The number of carbonyl (C=O) groups excluding carboxylic acids is 3. The summed E-state index contributed by atoms with van der Waals surface area (Å²) in [6.45, 7) is 3.88. The zero-order valence-corrected chi connectivity index (χ0v) is 12.5. The van der Waals surface area contributed by atoms with Crippen LogP contribution in [0.25, 0.3) is 0 Å². The summed E-state index contributed by atoms with van der Waals surface area (Å²) in [6, 6.07) is -0.627. The van der Waals surface area contributed by atoms with Crippen molar-refractivity contribution < 1.29 is 14.4 Å². The summed E-state index contributed by atoms with van der Waals surface area (Å²) in [6.07, 6.45) is 0.863. The van der Waals surface area contributed by atoms with Crippen molar-refractivity contribution in [2.24, 2.45) is 11.7 Å². The van der Waals surface area contributed by atoms with Gasteiger partial charge in [0, 0.05) is 14.1 Å². The Balaban J connectivity index is 4.67. The second-order valence-electron chi connectivity index (χ2n) is 5.16. The van der Waals surface area contributed by atoms with Gasteiger partial charge in [0.25, 0.3) is 0 Å². The molecule has 108 valence electrons. The maximum Gasteiger partial charge on any atom is 0.242 e. The number of hydrogen-bond donors (Lipinski definition) is 1. The fourth-order valence-corrected chi connectivity index (χ4v) is 1.76. The van der Waals surface area contributed by atoms with Crippen LogP contribution in [0.1, 0.15) is 20.3 Å². The van der Waals surface area contributed by atoms with E-state index in [-0.39, 0.29) is 24.3 Å². The number of carbonyl (C=O) groups is 3. The second kappa shape index (κ2) is 7.81. The Hall–Kier alpha value is -1.53. The van der Waals surface area contributed by atoms with Gasteiger partial charge in [0.2, 0.25) is 17.7 Å².